The molecule has 0 aliphatic rings. The summed E-state index contributed by atoms with van der Waals surface area (Å²) >= 11 is 0. The molecule has 0 N–H and O–H groups in total. The lowest BCUT2D eigenvalue weighted by Gasteiger charge is -2.06. The van der Waals surface area contributed by atoms with E-state index in [4.69, 9.17) is 0 Å². The molecule has 0 saturated carbocycles. The summed E-state index contributed by atoms with van der Waals surface area (Å²) in [6.45, 7) is 6.81. The van der Waals surface area contributed by atoms with Crippen molar-refractivity contribution in [2.45, 2.75) is 19.6 Å². The molecule has 0 spiro atoms. The second-order valence-electron chi connectivity index (χ2n) is 5.83. The van der Waals surface area contributed by atoms with E-state index in [9.17, 15) is 0 Å². The molecule has 0 amide bonds. The summed E-state index contributed by atoms with van der Waals surface area (Å²) in [7, 11) is -1.37. The zero-order valence-corrected chi connectivity index (χ0v) is 13.4. The number of rotatable bonds is 2. The Kier molecular flexibility index (Phi) is 4.60. The predicted octanol–water partition coefficient (Wildman–Crippen LogP) is 5.11. The molecule has 0 bridgehead atoms. The molecule has 0 atom stereocenters. The van der Waals surface area contributed by atoms with Crippen molar-refractivity contribution in [2.24, 2.45) is 0 Å². The van der Waals surface area contributed by atoms with Gasteiger partial charge in [-0.25, -0.2) is 0 Å². The van der Waals surface area contributed by atoms with Crippen LogP contribution in [0, 0.1) is 11.5 Å². The Morgan fingerprint density at radius 1 is 0.850 bits per heavy atom. The Labute approximate surface area is 123 Å². The number of benzene rings is 2. The summed E-state index contributed by atoms with van der Waals surface area (Å²) in [5.74, 6) is 3.40. The third-order valence-corrected chi connectivity index (χ3v) is 3.64. The molecule has 2 rings (SSSR count). The molecule has 0 saturated heterocycles. The highest BCUT2D eigenvalue weighted by Gasteiger charge is 2.08. The van der Waals surface area contributed by atoms with Crippen molar-refractivity contribution in [3.63, 3.8) is 0 Å². The Balaban J connectivity index is 2.45. The predicted molar refractivity (Wildman–Crippen MR) is 91.9 cm³/mol. The second kappa shape index (κ2) is 6.41. The van der Waals surface area contributed by atoms with E-state index in [1.54, 1.807) is 0 Å². The molecule has 0 unspecified atom stereocenters. The van der Waals surface area contributed by atoms with Crippen molar-refractivity contribution in [1.29, 1.82) is 0 Å². The Hall–Kier alpha value is -2.04. The van der Waals surface area contributed by atoms with Gasteiger partial charge in [0.25, 0.3) is 0 Å². The van der Waals surface area contributed by atoms with Crippen LogP contribution in [0.1, 0.15) is 11.1 Å². The molecule has 0 aliphatic heterocycles. The molecular weight excluding hydrogens is 256 g/mol. The fourth-order valence-corrected chi connectivity index (χ4v) is 2.29. The smallest absolute Gasteiger partial charge is 0.127 e. The fourth-order valence-electron chi connectivity index (χ4n) is 1.78. The second-order valence-corrected chi connectivity index (χ2v) is 10.6. The molecule has 2 aromatic rings. The normalized spacial score (nSPS) is 11.7. The average Bonchev–Trinajstić information content (AvgIpc) is 2.44. The molecular formula is C19H20Si. The van der Waals surface area contributed by atoms with Crippen LogP contribution in [0.25, 0.3) is 11.6 Å². The summed E-state index contributed by atoms with van der Waals surface area (Å²) in [5, 5.41) is 0. The van der Waals surface area contributed by atoms with Crippen LogP contribution >= 0.6 is 0 Å². The third-order valence-electron chi connectivity index (χ3n) is 2.77. The summed E-state index contributed by atoms with van der Waals surface area (Å²) < 4.78 is 0. The molecule has 20 heavy (non-hydrogen) atoms. The van der Waals surface area contributed by atoms with Gasteiger partial charge in [-0.15, -0.1) is 5.54 Å². The van der Waals surface area contributed by atoms with Gasteiger partial charge in [0.2, 0.25) is 0 Å². The minimum absolute atomic E-state index is 1.10. The molecule has 0 nitrogen and oxygen atoms in total. The largest absolute Gasteiger partial charge is 0.129 e. The Morgan fingerprint density at radius 3 is 1.95 bits per heavy atom. The van der Waals surface area contributed by atoms with Crippen LogP contribution in [0.3, 0.4) is 0 Å². The van der Waals surface area contributed by atoms with E-state index in [0.29, 0.717) is 0 Å². The SMILES string of the molecule is C[Si](C)(C)C#C/C(=C/c1ccccc1)c1ccccc1. The lowest BCUT2D eigenvalue weighted by molar-refractivity contribution is 1.62. The summed E-state index contributed by atoms with van der Waals surface area (Å²) in [4.78, 5) is 0. The highest BCUT2D eigenvalue weighted by molar-refractivity contribution is 6.84. The van der Waals surface area contributed by atoms with E-state index < -0.39 is 8.07 Å². The van der Waals surface area contributed by atoms with Gasteiger partial charge in [0.05, 0.1) is 0 Å². The fraction of sp³-hybridized carbons (Fsp3) is 0.158. The first-order chi connectivity index (χ1) is 9.54. The maximum Gasteiger partial charge on any atom is 0.129 e. The van der Waals surface area contributed by atoms with Crippen LogP contribution in [0.4, 0.5) is 0 Å². The lowest BCUT2D eigenvalue weighted by atomic mass is 10.0. The van der Waals surface area contributed by atoms with Crippen molar-refractivity contribution in [3.05, 3.63) is 71.8 Å². The van der Waals surface area contributed by atoms with Gasteiger partial charge in [-0.2, -0.15) is 0 Å². The van der Waals surface area contributed by atoms with Crippen LogP contribution in [-0.2, 0) is 0 Å². The maximum absolute atomic E-state index is 3.46. The minimum atomic E-state index is -1.37. The molecule has 0 aromatic heterocycles. The molecule has 0 aliphatic carbocycles. The third kappa shape index (κ3) is 4.57. The van der Waals surface area contributed by atoms with Gasteiger partial charge >= 0.3 is 0 Å². The molecule has 0 radical (unpaired) electrons. The highest BCUT2D eigenvalue weighted by atomic mass is 28.3. The van der Waals surface area contributed by atoms with Gasteiger partial charge in [0, 0.05) is 5.57 Å². The van der Waals surface area contributed by atoms with Gasteiger partial charge in [-0.1, -0.05) is 86.2 Å². The van der Waals surface area contributed by atoms with Gasteiger partial charge < -0.3 is 0 Å². The van der Waals surface area contributed by atoms with E-state index in [0.717, 1.165) is 5.57 Å². The summed E-state index contributed by atoms with van der Waals surface area (Å²) in [6.07, 6.45) is 2.17. The number of allylic oxidation sites excluding steroid dienone is 1. The quantitative estimate of drug-likeness (QED) is 0.406. The lowest BCUT2D eigenvalue weighted by Crippen LogP contribution is -2.16. The Morgan fingerprint density at radius 2 is 1.40 bits per heavy atom. The summed E-state index contributed by atoms with van der Waals surface area (Å²) in [6, 6.07) is 20.8. The zero-order valence-electron chi connectivity index (χ0n) is 12.4. The first-order valence-electron chi connectivity index (χ1n) is 6.90. The average molecular weight is 276 g/mol. The van der Waals surface area contributed by atoms with Crippen LogP contribution < -0.4 is 0 Å². The van der Waals surface area contributed by atoms with Gasteiger partial charge in [0.1, 0.15) is 8.07 Å². The van der Waals surface area contributed by atoms with E-state index >= 15 is 0 Å². The Bertz CT molecular complexity index is 635. The highest BCUT2D eigenvalue weighted by Crippen LogP contribution is 2.17. The molecule has 0 fully saturated rings. The first-order valence-corrected chi connectivity index (χ1v) is 10.4. The first kappa shape index (κ1) is 14.4. The van der Waals surface area contributed by atoms with Crippen LogP contribution in [0.15, 0.2) is 60.7 Å². The molecule has 2 aromatic carbocycles. The number of hydrogen-bond donors (Lipinski definition) is 0. The van der Waals surface area contributed by atoms with Crippen LogP contribution in [0.2, 0.25) is 19.6 Å². The van der Waals surface area contributed by atoms with E-state index in [1.165, 1.54) is 11.1 Å². The van der Waals surface area contributed by atoms with Crippen LogP contribution in [-0.4, -0.2) is 8.07 Å². The molecule has 100 valence electrons. The van der Waals surface area contributed by atoms with Crippen LogP contribution in [0.5, 0.6) is 0 Å². The zero-order chi connectivity index (χ0) is 14.4. The minimum Gasteiger partial charge on any atom is -0.127 e. The standard InChI is InChI=1S/C19H20Si/c1-20(2,3)15-14-19(18-12-8-5-9-13-18)16-17-10-6-4-7-11-17/h4-13,16H,1-3H3/b19-16-. The van der Waals surface area contributed by atoms with Gasteiger partial charge in [0.15, 0.2) is 0 Å². The topological polar surface area (TPSA) is 0 Å². The van der Waals surface area contributed by atoms with E-state index in [-0.39, 0.29) is 0 Å². The van der Waals surface area contributed by atoms with E-state index in [1.807, 2.05) is 12.1 Å². The van der Waals surface area contributed by atoms with Gasteiger partial charge in [-0.3, -0.25) is 0 Å². The van der Waals surface area contributed by atoms with Crippen molar-refractivity contribution in [2.75, 3.05) is 0 Å². The maximum atomic E-state index is 3.46. The van der Waals surface area contributed by atoms with Crippen molar-refractivity contribution < 1.29 is 0 Å². The summed E-state index contributed by atoms with van der Waals surface area (Å²) in [5.41, 5.74) is 6.93. The van der Waals surface area contributed by atoms with Crippen molar-refractivity contribution in [3.8, 4) is 11.5 Å². The monoisotopic (exact) mass is 276 g/mol. The van der Waals surface area contributed by atoms with Gasteiger partial charge in [-0.05, 0) is 17.2 Å². The number of hydrogen-bond acceptors (Lipinski definition) is 0. The van der Waals surface area contributed by atoms with Crippen molar-refractivity contribution >= 4 is 19.7 Å². The van der Waals surface area contributed by atoms with Crippen molar-refractivity contribution in [1.82, 2.24) is 0 Å². The van der Waals surface area contributed by atoms with E-state index in [2.05, 4.69) is 85.7 Å². The molecule has 0 heterocycles. The molecule has 1 heteroatoms.